The molecule has 5 aromatic rings. The molecule has 0 atom stereocenters. The summed E-state index contributed by atoms with van der Waals surface area (Å²) in [6, 6.07) is 19.5. The SMILES string of the molecule is Cc1ccc(-n2c(-c3ccc4ncnn4c3)c(C)n(Cc3ccccc3N)c2=O)cc1. The largest absolute Gasteiger partial charge is 0.398 e. The fourth-order valence-corrected chi connectivity index (χ4v) is 3.91. The summed E-state index contributed by atoms with van der Waals surface area (Å²) < 4.78 is 5.24. The van der Waals surface area contributed by atoms with Gasteiger partial charge in [-0.25, -0.2) is 14.3 Å². The summed E-state index contributed by atoms with van der Waals surface area (Å²) in [6.45, 7) is 4.39. The van der Waals surface area contributed by atoms with Crippen LogP contribution in [-0.2, 0) is 6.54 Å². The van der Waals surface area contributed by atoms with Crippen molar-refractivity contribution in [1.29, 1.82) is 0 Å². The Hall–Kier alpha value is -4.13. The Morgan fingerprint density at radius 1 is 0.968 bits per heavy atom. The Balaban J connectivity index is 1.76. The first-order valence-electron chi connectivity index (χ1n) is 10.1. The number of hydrogen-bond donors (Lipinski definition) is 1. The van der Waals surface area contributed by atoms with Crippen LogP contribution in [0, 0.1) is 13.8 Å². The highest BCUT2D eigenvalue weighted by Crippen LogP contribution is 2.27. The van der Waals surface area contributed by atoms with Gasteiger partial charge in [-0.05, 0) is 49.7 Å². The minimum atomic E-state index is -0.113. The van der Waals surface area contributed by atoms with Crippen LogP contribution in [0.5, 0.6) is 0 Å². The van der Waals surface area contributed by atoms with E-state index < -0.39 is 0 Å². The lowest BCUT2D eigenvalue weighted by atomic mass is 10.1. The number of benzene rings is 2. The molecule has 0 aliphatic rings. The molecule has 7 nitrogen and oxygen atoms in total. The van der Waals surface area contributed by atoms with Crippen LogP contribution in [-0.4, -0.2) is 23.7 Å². The first kappa shape index (κ1) is 18.9. The van der Waals surface area contributed by atoms with Crippen molar-refractivity contribution in [2.24, 2.45) is 0 Å². The molecule has 5 rings (SSSR count). The molecule has 0 spiro atoms. The van der Waals surface area contributed by atoms with E-state index in [1.165, 1.54) is 6.33 Å². The zero-order valence-electron chi connectivity index (χ0n) is 17.4. The summed E-state index contributed by atoms with van der Waals surface area (Å²) in [6.07, 6.45) is 3.42. The molecular formula is C24H22N6O. The van der Waals surface area contributed by atoms with Gasteiger partial charge in [-0.2, -0.15) is 5.10 Å². The summed E-state index contributed by atoms with van der Waals surface area (Å²) in [5, 5.41) is 4.25. The van der Waals surface area contributed by atoms with Crippen LogP contribution in [0.4, 0.5) is 5.69 Å². The molecule has 0 radical (unpaired) electrons. The van der Waals surface area contributed by atoms with E-state index in [4.69, 9.17) is 5.73 Å². The Morgan fingerprint density at radius 2 is 1.74 bits per heavy atom. The van der Waals surface area contributed by atoms with Crippen LogP contribution < -0.4 is 11.4 Å². The topological polar surface area (TPSA) is 83.1 Å². The molecule has 3 aromatic heterocycles. The van der Waals surface area contributed by atoms with E-state index >= 15 is 0 Å². The van der Waals surface area contributed by atoms with Gasteiger partial charge in [0.1, 0.15) is 6.33 Å². The number of nitrogens with two attached hydrogens (primary N) is 1. The molecule has 3 heterocycles. The normalized spacial score (nSPS) is 11.3. The van der Waals surface area contributed by atoms with E-state index in [1.807, 2.05) is 80.7 Å². The molecule has 7 heteroatoms. The molecule has 0 unspecified atom stereocenters. The number of aromatic nitrogens is 5. The number of anilines is 1. The quantitative estimate of drug-likeness (QED) is 0.459. The van der Waals surface area contributed by atoms with Crippen LogP contribution >= 0.6 is 0 Å². The van der Waals surface area contributed by atoms with Crippen molar-refractivity contribution in [1.82, 2.24) is 23.7 Å². The first-order chi connectivity index (χ1) is 15.0. The molecule has 154 valence electrons. The molecule has 0 aliphatic carbocycles. The number of imidazole rings is 1. The molecule has 0 amide bonds. The molecule has 0 fully saturated rings. The number of aryl methyl sites for hydroxylation is 1. The number of para-hydroxylation sites is 1. The smallest absolute Gasteiger partial charge is 0.333 e. The van der Waals surface area contributed by atoms with Crippen LogP contribution in [0.1, 0.15) is 16.8 Å². The first-order valence-corrected chi connectivity index (χ1v) is 10.1. The molecular weight excluding hydrogens is 388 g/mol. The molecule has 0 saturated heterocycles. The lowest BCUT2D eigenvalue weighted by molar-refractivity contribution is 0.724. The Kier molecular flexibility index (Phi) is 4.43. The second kappa shape index (κ2) is 7.28. The second-order valence-corrected chi connectivity index (χ2v) is 7.65. The van der Waals surface area contributed by atoms with Crippen molar-refractivity contribution in [3.05, 3.63) is 100 Å². The molecule has 0 bridgehead atoms. The van der Waals surface area contributed by atoms with Gasteiger partial charge < -0.3 is 5.73 Å². The van der Waals surface area contributed by atoms with Gasteiger partial charge in [0.05, 0.1) is 17.9 Å². The van der Waals surface area contributed by atoms with Gasteiger partial charge >= 0.3 is 5.69 Å². The van der Waals surface area contributed by atoms with E-state index in [-0.39, 0.29) is 5.69 Å². The zero-order valence-corrected chi connectivity index (χ0v) is 17.4. The van der Waals surface area contributed by atoms with Gasteiger partial charge in [-0.3, -0.25) is 9.13 Å². The van der Waals surface area contributed by atoms with Gasteiger partial charge in [0.2, 0.25) is 0 Å². The van der Waals surface area contributed by atoms with Crippen molar-refractivity contribution in [2.45, 2.75) is 20.4 Å². The highest BCUT2D eigenvalue weighted by Gasteiger charge is 2.21. The van der Waals surface area contributed by atoms with Gasteiger partial charge in [0.25, 0.3) is 0 Å². The maximum atomic E-state index is 13.6. The van der Waals surface area contributed by atoms with E-state index in [0.717, 1.165) is 39.4 Å². The Labute approximate surface area is 179 Å². The number of nitrogens with zero attached hydrogens (tertiary/aromatic N) is 5. The van der Waals surface area contributed by atoms with Crippen LogP contribution in [0.15, 0.2) is 78.0 Å². The van der Waals surface area contributed by atoms with Gasteiger partial charge in [0, 0.05) is 23.1 Å². The predicted octanol–water partition coefficient (Wildman–Crippen LogP) is 3.60. The fourth-order valence-electron chi connectivity index (χ4n) is 3.91. The number of rotatable bonds is 4. The van der Waals surface area contributed by atoms with Gasteiger partial charge in [0.15, 0.2) is 5.65 Å². The van der Waals surface area contributed by atoms with Crippen molar-refractivity contribution < 1.29 is 0 Å². The number of pyridine rings is 1. The van der Waals surface area contributed by atoms with E-state index in [9.17, 15) is 4.79 Å². The van der Waals surface area contributed by atoms with Crippen molar-refractivity contribution in [3.8, 4) is 16.9 Å². The second-order valence-electron chi connectivity index (χ2n) is 7.65. The highest BCUT2D eigenvalue weighted by molar-refractivity contribution is 5.66. The van der Waals surface area contributed by atoms with Crippen LogP contribution in [0.2, 0.25) is 0 Å². The van der Waals surface area contributed by atoms with Crippen molar-refractivity contribution >= 4 is 11.3 Å². The molecule has 0 saturated carbocycles. The van der Waals surface area contributed by atoms with Crippen LogP contribution in [0.3, 0.4) is 0 Å². The molecule has 0 aliphatic heterocycles. The average molecular weight is 410 g/mol. The third-order valence-electron chi connectivity index (χ3n) is 5.62. The molecule has 2 N–H and O–H groups in total. The summed E-state index contributed by atoms with van der Waals surface area (Å²) in [7, 11) is 0. The standard InChI is InChI=1S/C24H22N6O/c1-16-7-10-20(11-8-16)30-23(19-9-12-22-26-15-27-29(22)14-19)17(2)28(24(30)31)13-18-5-3-4-6-21(18)25/h3-12,14-15H,13,25H2,1-2H3. The highest BCUT2D eigenvalue weighted by atomic mass is 16.1. The summed E-state index contributed by atoms with van der Waals surface area (Å²) in [5.41, 5.74) is 12.9. The number of fused-ring (bicyclic) bond motifs is 1. The van der Waals surface area contributed by atoms with Gasteiger partial charge in [-0.1, -0.05) is 35.9 Å². The lowest BCUT2D eigenvalue weighted by Gasteiger charge is -2.09. The van der Waals surface area contributed by atoms with Crippen molar-refractivity contribution in [3.63, 3.8) is 0 Å². The minimum Gasteiger partial charge on any atom is -0.398 e. The fraction of sp³-hybridized carbons (Fsp3) is 0.125. The predicted molar refractivity (Wildman–Crippen MR) is 121 cm³/mol. The van der Waals surface area contributed by atoms with E-state index in [1.54, 1.807) is 13.6 Å². The monoisotopic (exact) mass is 410 g/mol. The third kappa shape index (κ3) is 3.20. The maximum absolute atomic E-state index is 13.6. The summed E-state index contributed by atoms with van der Waals surface area (Å²) in [5.74, 6) is 0. The lowest BCUT2D eigenvalue weighted by Crippen LogP contribution is -2.24. The number of nitrogen functional groups attached to an aromatic ring is 1. The Bertz CT molecular complexity index is 1460. The van der Waals surface area contributed by atoms with E-state index in [2.05, 4.69) is 10.1 Å². The number of hydrogen-bond acceptors (Lipinski definition) is 4. The maximum Gasteiger partial charge on any atom is 0.333 e. The zero-order chi connectivity index (χ0) is 21.5. The van der Waals surface area contributed by atoms with Crippen molar-refractivity contribution in [2.75, 3.05) is 5.73 Å². The minimum absolute atomic E-state index is 0.113. The molecule has 2 aromatic carbocycles. The summed E-state index contributed by atoms with van der Waals surface area (Å²) >= 11 is 0. The third-order valence-corrected chi connectivity index (χ3v) is 5.62. The average Bonchev–Trinajstić information content (AvgIpc) is 3.33. The van der Waals surface area contributed by atoms with E-state index in [0.29, 0.717) is 12.2 Å². The Morgan fingerprint density at radius 3 is 2.52 bits per heavy atom. The summed E-state index contributed by atoms with van der Waals surface area (Å²) in [4.78, 5) is 17.9. The van der Waals surface area contributed by atoms with Gasteiger partial charge in [-0.15, -0.1) is 0 Å². The molecule has 31 heavy (non-hydrogen) atoms. The van der Waals surface area contributed by atoms with Crippen LogP contribution in [0.25, 0.3) is 22.6 Å².